The standard InChI is InChI=1S/C20H24FNO3Si/c1-19(2,3)25-18(24)22-16-11-13(7-10-26(4,5)6)15(21)12-14(16)20(8-9-20)17(22)23/h11-12H,8-9H2,1-6H3. The largest absolute Gasteiger partial charge is 0.443 e. The van der Waals surface area contributed by atoms with E-state index in [1.165, 1.54) is 12.1 Å². The van der Waals surface area contributed by atoms with Crippen LogP contribution in [0.2, 0.25) is 19.6 Å². The minimum atomic E-state index is -1.69. The molecule has 0 bridgehead atoms. The molecule has 26 heavy (non-hydrogen) atoms. The van der Waals surface area contributed by atoms with E-state index >= 15 is 0 Å². The zero-order valence-corrected chi connectivity index (χ0v) is 17.1. The predicted molar refractivity (Wildman–Crippen MR) is 101 cm³/mol. The van der Waals surface area contributed by atoms with Crippen LogP contribution in [-0.4, -0.2) is 25.7 Å². The van der Waals surface area contributed by atoms with Crippen LogP contribution in [0.25, 0.3) is 0 Å². The van der Waals surface area contributed by atoms with Crippen LogP contribution in [0.5, 0.6) is 0 Å². The molecule has 1 aliphatic heterocycles. The lowest BCUT2D eigenvalue weighted by Gasteiger charge is -2.24. The van der Waals surface area contributed by atoms with Crippen LogP contribution in [0.1, 0.15) is 44.7 Å². The zero-order valence-electron chi connectivity index (χ0n) is 16.1. The number of rotatable bonds is 0. The van der Waals surface area contributed by atoms with E-state index in [-0.39, 0.29) is 11.5 Å². The fourth-order valence-corrected chi connectivity index (χ4v) is 3.53. The monoisotopic (exact) mass is 373 g/mol. The molecule has 1 saturated carbocycles. The van der Waals surface area contributed by atoms with Gasteiger partial charge in [-0.05, 0) is 51.3 Å². The molecule has 0 radical (unpaired) electrons. The van der Waals surface area contributed by atoms with E-state index in [9.17, 15) is 14.0 Å². The number of amides is 2. The Morgan fingerprint density at radius 3 is 2.38 bits per heavy atom. The van der Waals surface area contributed by atoms with Crippen molar-refractivity contribution in [1.82, 2.24) is 0 Å². The average molecular weight is 374 g/mol. The lowest BCUT2D eigenvalue weighted by atomic mass is 9.96. The van der Waals surface area contributed by atoms with Gasteiger partial charge in [0.05, 0.1) is 16.7 Å². The third-order valence-corrected chi connectivity index (χ3v) is 5.23. The third kappa shape index (κ3) is 3.28. The molecule has 0 saturated heterocycles. The van der Waals surface area contributed by atoms with Gasteiger partial charge in [-0.3, -0.25) is 4.79 Å². The summed E-state index contributed by atoms with van der Waals surface area (Å²) in [5, 5.41) is 0. The van der Waals surface area contributed by atoms with Gasteiger partial charge in [0.2, 0.25) is 5.91 Å². The first-order valence-corrected chi connectivity index (χ1v) is 12.3. The molecule has 1 aromatic carbocycles. The fraction of sp³-hybridized carbons (Fsp3) is 0.500. The highest BCUT2D eigenvalue weighted by atomic mass is 28.3. The van der Waals surface area contributed by atoms with E-state index in [4.69, 9.17) is 4.74 Å². The van der Waals surface area contributed by atoms with Gasteiger partial charge in [-0.1, -0.05) is 25.6 Å². The molecule has 6 heteroatoms. The summed E-state index contributed by atoms with van der Waals surface area (Å²) in [5.41, 5.74) is 2.83. The molecule has 1 spiro atoms. The number of carbonyl (C=O) groups is 2. The lowest BCUT2D eigenvalue weighted by molar-refractivity contribution is -0.120. The number of halogens is 1. The summed E-state index contributed by atoms with van der Waals surface area (Å²) >= 11 is 0. The van der Waals surface area contributed by atoms with Crippen LogP contribution in [0.4, 0.5) is 14.9 Å². The molecule has 1 aromatic rings. The second kappa shape index (κ2) is 5.68. The van der Waals surface area contributed by atoms with Gasteiger partial charge in [-0.25, -0.2) is 14.1 Å². The number of carbonyl (C=O) groups excluding carboxylic acids is 2. The molecule has 1 heterocycles. The second-order valence-corrected chi connectivity index (χ2v) is 13.8. The molecule has 2 amide bonds. The van der Waals surface area contributed by atoms with Crippen molar-refractivity contribution >= 4 is 25.8 Å². The Bertz CT molecular complexity index is 864. The van der Waals surface area contributed by atoms with Crippen molar-refractivity contribution in [2.24, 2.45) is 0 Å². The maximum atomic E-state index is 14.6. The second-order valence-electron chi connectivity index (χ2n) is 9.05. The summed E-state index contributed by atoms with van der Waals surface area (Å²) in [4.78, 5) is 26.6. The van der Waals surface area contributed by atoms with Crippen molar-refractivity contribution in [3.63, 3.8) is 0 Å². The Hall–Kier alpha value is -2.13. The van der Waals surface area contributed by atoms with Crippen molar-refractivity contribution in [3.05, 3.63) is 29.1 Å². The fourth-order valence-electron chi connectivity index (χ4n) is 3.02. The summed E-state index contributed by atoms with van der Waals surface area (Å²) in [7, 11) is -1.69. The maximum Gasteiger partial charge on any atom is 0.421 e. The molecule has 2 aliphatic rings. The number of nitrogens with zero attached hydrogens (tertiary/aromatic N) is 1. The minimum Gasteiger partial charge on any atom is -0.443 e. The van der Waals surface area contributed by atoms with E-state index in [0.29, 0.717) is 24.1 Å². The van der Waals surface area contributed by atoms with Gasteiger partial charge in [0, 0.05) is 0 Å². The topological polar surface area (TPSA) is 46.6 Å². The highest BCUT2D eigenvalue weighted by molar-refractivity contribution is 6.83. The number of anilines is 1. The van der Waals surface area contributed by atoms with Crippen molar-refractivity contribution in [2.45, 2.75) is 64.3 Å². The first-order chi connectivity index (χ1) is 11.8. The first-order valence-electron chi connectivity index (χ1n) is 8.79. The summed E-state index contributed by atoms with van der Waals surface area (Å²) in [6.45, 7) is 11.4. The molecule has 3 rings (SSSR count). The number of imide groups is 1. The Balaban J connectivity index is 2.08. The van der Waals surface area contributed by atoms with Crippen molar-refractivity contribution in [1.29, 1.82) is 0 Å². The number of fused-ring (bicyclic) bond motifs is 2. The quantitative estimate of drug-likeness (QED) is 0.501. The summed E-state index contributed by atoms with van der Waals surface area (Å²) in [5.74, 6) is 2.13. The number of ether oxygens (including phenoxy) is 1. The summed E-state index contributed by atoms with van der Waals surface area (Å²) in [6.07, 6.45) is 0.526. The number of hydrogen-bond acceptors (Lipinski definition) is 3. The summed E-state index contributed by atoms with van der Waals surface area (Å²) in [6, 6.07) is 2.89. The molecule has 0 unspecified atom stereocenters. The molecule has 1 aliphatic carbocycles. The smallest absolute Gasteiger partial charge is 0.421 e. The Labute approximate surface area is 154 Å². The van der Waals surface area contributed by atoms with Crippen LogP contribution in [0, 0.1) is 17.3 Å². The van der Waals surface area contributed by atoms with Crippen LogP contribution in [-0.2, 0) is 14.9 Å². The molecule has 0 aromatic heterocycles. The van der Waals surface area contributed by atoms with Gasteiger partial charge in [-0.15, -0.1) is 5.54 Å². The van der Waals surface area contributed by atoms with Gasteiger partial charge in [0.15, 0.2) is 0 Å². The third-order valence-electron chi connectivity index (χ3n) is 4.35. The van der Waals surface area contributed by atoms with Crippen LogP contribution in [0.15, 0.2) is 12.1 Å². The van der Waals surface area contributed by atoms with Crippen molar-refractivity contribution in [3.8, 4) is 11.5 Å². The van der Waals surface area contributed by atoms with Crippen LogP contribution < -0.4 is 4.90 Å². The summed E-state index contributed by atoms with van der Waals surface area (Å²) < 4.78 is 20.0. The molecule has 1 fully saturated rings. The van der Waals surface area contributed by atoms with Gasteiger partial charge in [0.1, 0.15) is 19.5 Å². The molecule has 138 valence electrons. The normalized spacial score (nSPS) is 17.7. The van der Waals surface area contributed by atoms with E-state index in [0.717, 1.165) is 4.90 Å². The van der Waals surface area contributed by atoms with E-state index < -0.39 is 31.0 Å². The Morgan fingerprint density at radius 2 is 1.88 bits per heavy atom. The Morgan fingerprint density at radius 1 is 1.27 bits per heavy atom. The van der Waals surface area contributed by atoms with E-state index in [2.05, 4.69) is 31.1 Å². The average Bonchev–Trinajstić information content (AvgIpc) is 3.21. The van der Waals surface area contributed by atoms with E-state index in [1.807, 2.05) is 0 Å². The van der Waals surface area contributed by atoms with Crippen molar-refractivity contribution < 1.29 is 18.7 Å². The minimum absolute atomic E-state index is 0.213. The molecular weight excluding hydrogens is 349 g/mol. The van der Waals surface area contributed by atoms with Crippen LogP contribution in [0.3, 0.4) is 0 Å². The van der Waals surface area contributed by atoms with Gasteiger partial charge >= 0.3 is 6.09 Å². The lowest BCUT2D eigenvalue weighted by Crippen LogP contribution is -2.41. The number of benzene rings is 1. The highest BCUT2D eigenvalue weighted by Gasteiger charge is 2.61. The van der Waals surface area contributed by atoms with Gasteiger partial charge in [0.25, 0.3) is 0 Å². The molecule has 0 N–H and O–H groups in total. The number of hydrogen-bond donors (Lipinski definition) is 0. The van der Waals surface area contributed by atoms with Gasteiger partial charge < -0.3 is 4.74 Å². The molecular formula is C20H24FNO3Si. The van der Waals surface area contributed by atoms with Gasteiger partial charge in [-0.2, -0.15) is 0 Å². The van der Waals surface area contributed by atoms with E-state index in [1.54, 1.807) is 20.8 Å². The van der Waals surface area contributed by atoms with Crippen molar-refractivity contribution in [2.75, 3.05) is 4.90 Å². The zero-order chi connectivity index (χ0) is 19.5. The van der Waals surface area contributed by atoms with Crippen LogP contribution >= 0.6 is 0 Å². The molecule has 4 nitrogen and oxygen atoms in total. The highest BCUT2D eigenvalue weighted by Crippen LogP contribution is 2.57. The Kier molecular flexibility index (Phi) is 4.08. The first kappa shape index (κ1) is 18.7. The predicted octanol–water partition coefficient (Wildman–Crippen LogP) is 4.37. The SMILES string of the molecule is CC(C)(C)OC(=O)N1C(=O)C2(CC2)c2cc(F)c(C#C[Si](C)(C)C)cc21. The maximum absolute atomic E-state index is 14.6. The molecule has 0 atom stereocenters.